The standard InChI is InChI=1S/C31H56O2/c1-3-5-6-7-8-9-14-21-30(24-19-28(20-25-30)27-17-12-10-13-18-27)31(22-15-11-16-23-31)29(32)33-26-4-2/h27-28H,3-26H2,1-2H3. The molecule has 0 atom stereocenters. The fraction of sp³-hybridized carbons (Fsp3) is 0.968. The van der Waals surface area contributed by atoms with Gasteiger partial charge in [-0.1, -0.05) is 110 Å². The first-order valence-electron chi connectivity index (χ1n) is 15.3. The highest BCUT2D eigenvalue weighted by molar-refractivity contribution is 5.78. The first-order valence-corrected chi connectivity index (χ1v) is 15.3. The van der Waals surface area contributed by atoms with E-state index in [4.69, 9.17) is 4.74 Å². The van der Waals surface area contributed by atoms with Gasteiger partial charge in [0.2, 0.25) is 0 Å². The summed E-state index contributed by atoms with van der Waals surface area (Å²) < 4.78 is 5.99. The zero-order chi connectivity index (χ0) is 23.4. The highest BCUT2D eigenvalue weighted by Crippen LogP contribution is 2.61. The van der Waals surface area contributed by atoms with E-state index in [-0.39, 0.29) is 16.8 Å². The molecular weight excluding hydrogens is 404 g/mol. The van der Waals surface area contributed by atoms with E-state index < -0.39 is 0 Å². The van der Waals surface area contributed by atoms with Crippen molar-refractivity contribution >= 4 is 5.97 Å². The maximum atomic E-state index is 13.8. The maximum Gasteiger partial charge on any atom is 0.312 e. The average Bonchev–Trinajstić information content (AvgIpc) is 2.88. The second kappa shape index (κ2) is 14.1. The summed E-state index contributed by atoms with van der Waals surface area (Å²) in [5, 5.41) is 0. The Balaban J connectivity index is 1.70. The zero-order valence-electron chi connectivity index (χ0n) is 22.4. The van der Waals surface area contributed by atoms with Crippen LogP contribution in [0.15, 0.2) is 0 Å². The molecule has 3 aliphatic rings. The lowest BCUT2D eigenvalue weighted by Crippen LogP contribution is -2.52. The highest BCUT2D eigenvalue weighted by Gasteiger charge is 2.57. The average molecular weight is 461 g/mol. The number of esters is 1. The van der Waals surface area contributed by atoms with Gasteiger partial charge in [-0.3, -0.25) is 4.79 Å². The minimum absolute atomic E-state index is 0.180. The lowest BCUT2D eigenvalue weighted by molar-refractivity contribution is -0.175. The third-order valence-electron chi connectivity index (χ3n) is 10.1. The molecule has 0 aromatic heterocycles. The molecule has 0 radical (unpaired) electrons. The molecule has 2 heteroatoms. The molecule has 0 aliphatic heterocycles. The Hall–Kier alpha value is -0.530. The summed E-state index contributed by atoms with van der Waals surface area (Å²) in [4.78, 5) is 13.8. The molecule has 3 fully saturated rings. The Morgan fingerprint density at radius 3 is 1.88 bits per heavy atom. The van der Waals surface area contributed by atoms with Crippen LogP contribution in [0.4, 0.5) is 0 Å². The molecule has 33 heavy (non-hydrogen) atoms. The van der Waals surface area contributed by atoms with Gasteiger partial charge in [-0.25, -0.2) is 0 Å². The molecule has 0 bridgehead atoms. The van der Waals surface area contributed by atoms with Crippen LogP contribution in [0.25, 0.3) is 0 Å². The third kappa shape index (κ3) is 7.00. The van der Waals surface area contributed by atoms with Crippen LogP contribution in [-0.4, -0.2) is 12.6 Å². The fourth-order valence-corrected chi connectivity index (χ4v) is 8.10. The molecule has 0 saturated heterocycles. The number of rotatable bonds is 13. The lowest BCUT2D eigenvalue weighted by Gasteiger charge is -2.55. The molecule has 3 aliphatic carbocycles. The van der Waals surface area contributed by atoms with Crippen molar-refractivity contribution in [2.75, 3.05) is 6.61 Å². The van der Waals surface area contributed by atoms with E-state index in [0.29, 0.717) is 6.61 Å². The summed E-state index contributed by atoms with van der Waals surface area (Å²) in [6.45, 7) is 5.04. The van der Waals surface area contributed by atoms with E-state index in [1.54, 1.807) is 0 Å². The predicted octanol–water partition coefficient (Wildman–Crippen LogP) is 9.79. The van der Waals surface area contributed by atoms with Crippen LogP contribution in [0.1, 0.15) is 162 Å². The summed E-state index contributed by atoms with van der Waals surface area (Å²) in [5.74, 6) is 2.10. The molecule has 192 valence electrons. The predicted molar refractivity (Wildman–Crippen MR) is 140 cm³/mol. The zero-order valence-corrected chi connectivity index (χ0v) is 22.4. The van der Waals surface area contributed by atoms with Crippen molar-refractivity contribution in [3.8, 4) is 0 Å². The van der Waals surface area contributed by atoms with Gasteiger partial charge >= 0.3 is 5.97 Å². The Bertz CT molecular complexity index is 533. The maximum absolute atomic E-state index is 13.8. The van der Waals surface area contributed by atoms with E-state index in [2.05, 4.69) is 13.8 Å². The van der Waals surface area contributed by atoms with Crippen LogP contribution < -0.4 is 0 Å². The summed E-state index contributed by atoms with van der Waals surface area (Å²) in [7, 11) is 0. The highest BCUT2D eigenvalue weighted by atomic mass is 16.5. The molecule has 0 aromatic carbocycles. The van der Waals surface area contributed by atoms with E-state index in [0.717, 1.165) is 31.1 Å². The van der Waals surface area contributed by atoms with Gasteiger partial charge in [-0.2, -0.15) is 0 Å². The van der Waals surface area contributed by atoms with Crippen molar-refractivity contribution in [2.24, 2.45) is 22.7 Å². The van der Waals surface area contributed by atoms with Gasteiger partial charge < -0.3 is 4.74 Å². The molecule has 0 heterocycles. The molecular formula is C31H56O2. The molecule has 0 unspecified atom stereocenters. The van der Waals surface area contributed by atoms with Gasteiger partial charge in [0.25, 0.3) is 0 Å². The molecule has 0 N–H and O–H groups in total. The van der Waals surface area contributed by atoms with Gasteiger partial charge in [0.05, 0.1) is 12.0 Å². The first-order chi connectivity index (χ1) is 16.2. The Morgan fingerprint density at radius 1 is 0.667 bits per heavy atom. The SMILES string of the molecule is CCCCCCCCCC1(C2(C(=O)OCCC)CCCCC2)CCC(C2CCCCC2)CC1. The van der Waals surface area contributed by atoms with Crippen LogP contribution in [0.5, 0.6) is 0 Å². The van der Waals surface area contributed by atoms with Crippen molar-refractivity contribution in [1.82, 2.24) is 0 Å². The van der Waals surface area contributed by atoms with Gasteiger partial charge in [0, 0.05) is 0 Å². The summed E-state index contributed by atoms with van der Waals surface area (Å²) in [6.07, 6.45) is 30.4. The third-order valence-corrected chi connectivity index (χ3v) is 10.1. The fourth-order valence-electron chi connectivity index (χ4n) is 8.10. The van der Waals surface area contributed by atoms with Crippen molar-refractivity contribution in [2.45, 2.75) is 162 Å². The summed E-state index contributed by atoms with van der Waals surface area (Å²) >= 11 is 0. The summed E-state index contributed by atoms with van der Waals surface area (Å²) in [6, 6.07) is 0. The number of hydrogen-bond acceptors (Lipinski definition) is 2. The number of ether oxygens (including phenoxy) is 1. The second-order valence-corrected chi connectivity index (χ2v) is 12.2. The number of carbonyl (C=O) groups is 1. The molecule has 3 rings (SSSR count). The lowest BCUT2D eigenvalue weighted by atomic mass is 9.49. The summed E-state index contributed by atoms with van der Waals surface area (Å²) in [5.41, 5.74) is 0.0347. The van der Waals surface area contributed by atoms with Gasteiger partial charge in [0.15, 0.2) is 0 Å². The minimum Gasteiger partial charge on any atom is -0.465 e. The van der Waals surface area contributed by atoms with Gasteiger partial charge in [-0.15, -0.1) is 0 Å². The van der Waals surface area contributed by atoms with E-state index in [1.807, 2.05) is 0 Å². The number of carbonyl (C=O) groups excluding carboxylic acids is 1. The quantitative estimate of drug-likeness (QED) is 0.202. The molecule has 3 saturated carbocycles. The van der Waals surface area contributed by atoms with E-state index >= 15 is 0 Å². The van der Waals surface area contributed by atoms with Crippen LogP contribution in [-0.2, 0) is 9.53 Å². The minimum atomic E-state index is -0.180. The molecule has 0 spiro atoms. The van der Waals surface area contributed by atoms with Crippen LogP contribution >= 0.6 is 0 Å². The smallest absolute Gasteiger partial charge is 0.312 e. The Morgan fingerprint density at radius 2 is 1.24 bits per heavy atom. The first kappa shape index (κ1) is 27.1. The molecule has 2 nitrogen and oxygen atoms in total. The normalized spacial score (nSPS) is 28.5. The second-order valence-electron chi connectivity index (χ2n) is 12.2. The topological polar surface area (TPSA) is 26.3 Å². The van der Waals surface area contributed by atoms with Crippen LogP contribution in [0.3, 0.4) is 0 Å². The number of unbranched alkanes of at least 4 members (excludes halogenated alkanes) is 6. The molecule has 0 aromatic rings. The van der Waals surface area contributed by atoms with Crippen molar-refractivity contribution in [3.05, 3.63) is 0 Å². The van der Waals surface area contributed by atoms with Crippen molar-refractivity contribution in [1.29, 1.82) is 0 Å². The Kier molecular flexibility index (Phi) is 11.6. The van der Waals surface area contributed by atoms with Crippen molar-refractivity contribution < 1.29 is 9.53 Å². The van der Waals surface area contributed by atoms with E-state index in [9.17, 15) is 4.79 Å². The van der Waals surface area contributed by atoms with Crippen molar-refractivity contribution in [3.63, 3.8) is 0 Å². The van der Waals surface area contributed by atoms with Crippen LogP contribution in [0.2, 0.25) is 0 Å². The molecule has 0 amide bonds. The Labute approximate surface area is 206 Å². The van der Waals surface area contributed by atoms with E-state index in [1.165, 1.54) is 128 Å². The van der Waals surface area contributed by atoms with Gasteiger partial charge in [0.1, 0.15) is 0 Å². The monoisotopic (exact) mass is 460 g/mol. The van der Waals surface area contributed by atoms with Crippen LogP contribution in [0, 0.1) is 22.7 Å². The number of hydrogen-bond donors (Lipinski definition) is 0. The largest absolute Gasteiger partial charge is 0.465 e. The van der Waals surface area contributed by atoms with Gasteiger partial charge in [-0.05, 0) is 68.6 Å².